The van der Waals surface area contributed by atoms with Crippen LogP contribution in [0.3, 0.4) is 0 Å². The molecule has 1 aliphatic heterocycles. The summed E-state index contributed by atoms with van der Waals surface area (Å²) in [5, 5.41) is 13.5. The minimum absolute atomic E-state index is 0.00881. The van der Waals surface area contributed by atoms with Gasteiger partial charge >= 0.3 is 6.03 Å². The Hall–Kier alpha value is -2.93. The average molecular weight is 368 g/mol. The molecule has 0 saturated carbocycles. The molecule has 0 unspecified atom stereocenters. The van der Waals surface area contributed by atoms with E-state index in [1.54, 1.807) is 17.0 Å². The molecule has 0 atom stereocenters. The molecule has 7 nitrogen and oxygen atoms in total. The van der Waals surface area contributed by atoms with E-state index >= 15 is 0 Å². The van der Waals surface area contributed by atoms with Crippen LogP contribution in [0.1, 0.15) is 17.5 Å². The summed E-state index contributed by atoms with van der Waals surface area (Å²) in [4.78, 5) is 26.9. The maximum atomic E-state index is 12.5. The fourth-order valence-electron chi connectivity index (χ4n) is 3.15. The number of urea groups is 1. The van der Waals surface area contributed by atoms with E-state index in [1.165, 1.54) is 23.3 Å². The van der Waals surface area contributed by atoms with Crippen LogP contribution in [0.2, 0.25) is 0 Å². The number of carbonyl (C=O) groups excluding carboxylic acids is 1. The minimum Gasteiger partial charge on any atom is -0.323 e. The van der Waals surface area contributed by atoms with E-state index in [2.05, 4.69) is 41.4 Å². The fourth-order valence-corrected chi connectivity index (χ4v) is 3.15. The lowest BCUT2D eigenvalue weighted by Crippen LogP contribution is -2.38. The minimum atomic E-state index is -0.455. The van der Waals surface area contributed by atoms with Crippen LogP contribution in [-0.4, -0.2) is 46.9 Å². The van der Waals surface area contributed by atoms with Gasteiger partial charge in [0.25, 0.3) is 5.69 Å². The first-order chi connectivity index (χ1) is 13.0. The monoisotopic (exact) mass is 368 g/mol. The highest BCUT2D eigenvalue weighted by molar-refractivity contribution is 5.89. The first kappa shape index (κ1) is 18.8. The Morgan fingerprint density at radius 2 is 1.74 bits per heavy atom. The van der Waals surface area contributed by atoms with Gasteiger partial charge < -0.3 is 10.2 Å². The molecule has 1 heterocycles. The van der Waals surface area contributed by atoms with Crippen molar-refractivity contribution in [2.75, 3.05) is 31.5 Å². The second-order valence-electron chi connectivity index (χ2n) is 6.84. The molecule has 27 heavy (non-hydrogen) atoms. The van der Waals surface area contributed by atoms with Crippen LogP contribution in [0.5, 0.6) is 0 Å². The van der Waals surface area contributed by atoms with Crippen LogP contribution < -0.4 is 5.32 Å². The number of amides is 2. The van der Waals surface area contributed by atoms with Gasteiger partial charge in [-0.1, -0.05) is 29.8 Å². The largest absolute Gasteiger partial charge is 0.323 e. The molecule has 2 aromatic rings. The fraction of sp³-hybridized carbons (Fsp3) is 0.350. The zero-order valence-corrected chi connectivity index (χ0v) is 15.4. The second-order valence-corrected chi connectivity index (χ2v) is 6.84. The highest BCUT2D eigenvalue weighted by Crippen LogP contribution is 2.16. The third-order valence-electron chi connectivity index (χ3n) is 4.73. The van der Waals surface area contributed by atoms with Crippen LogP contribution in [0, 0.1) is 17.0 Å². The Morgan fingerprint density at radius 1 is 1.04 bits per heavy atom. The number of nitro benzene ring substituents is 1. The molecule has 1 aliphatic rings. The van der Waals surface area contributed by atoms with Crippen molar-refractivity contribution < 1.29 is 9.72 Å². The van der Waals surface area contributed by atoms with Gasteiger partial charge in [-0.25, -0.2) is 4.79 Å². The number of nitro groups is 1. The number of hydrogen-bond donors (Lipinski definition) is 1. The standard InChI is InChI=1S/C20H24N4O3/c1-16-3-5-17(6-4-16)15-22-11-2-12-23(14-13-22)20(25)21-18-7-9-19(10-8-18)24(26)27/h3-10H,2,11-15H2,1H3,(H,21,25). The molecule has 1 N–H and O–H groups in total. The third-order valence-corrected chi connectivity index (χ3v) is 4.73. The lowest BCUT2D eigenvalue weighted by Gasteiger charge is -2.22. The van der Waals surface area contributed by atoms with Crippen LogP contribution in [0.4, 0.5) is 16.2 Å². The summed E-state index contributed by atoms with van der Waals surface area (Å²) >= 11 is 0. The Balaban J connectivity index is 1.53. The van der Waals surface area contributed by atoms with Gasteiger partial charge in [-0.3, -0.25) is 15.0 Å². The van der Waals surface area contributed by atoms with Crippen LogP contribution in [0.15, 0.2) is 48.5 Å². The van der Waals surface area contributed by atoms with Crippen molar-refractivity contribution in [2.45, 2.75) is 19.9 Å². The van der Waals surface area contributed by atoms with Crippen molar-refractivity contribution in [2.24, 2.45) is 0 Å². The first-order valence-corrected chi connectivity index (χ1v) is 9.09. The van der Waals surface area contributed by atoms with E-state index in [1.807, 2.05) is 0 Å². The Morgan fingerprint density at radius 3 is 2.41 bits per heavy atom. The molecule has 1 fully saturated rings. The van der Waals surface area contributed by atoms with Crippen molar-refractivity contribution in [1.82, 2.24) is 9.80 Å². The SMILES string of the molecule is Cc1ccc(CN2CCCN(C(=O)Nc3ccc([N+](=O)[O-])cc3)CC2)cc1. The van der Waals surface area contributed by atoms with Crippen molar-refractivity contribution in [3.8, 4) is 0 Å². The van der Waals surface area contributed by atoms with E-state index in [0.29, 0.717) is 18.8 Å². The Kier molecular flexibility index (Phi) is 6.03. The number of aryl methyl sites for hydroxylation is 1. The smallest absolute Gasteiger partial charge is 0.321 e. The summed E-state index contributed by atoms with van der Waals surface area (Å²) < 4.78 is 0. The molecule has 7 heteroatoms. The lowest BCUT2D eigenvalue weighted by molar-refractivity contribution is -0.384. The van der Waals surface area contributed by atoms with E-state index in [9.17, 15) is 14.9 Å². The number of non-ortho nitro benzene ring substituents is 1. The second kappa shape index (κ2) is 8.64. The van der Waals surface area contributed by atoms with Crippen molar-refractivity contribution in [3.05, 3.63) is 69.8 Å². The number of carbonyl (C=O) groups is 1. The Bertz CT molecular complexity index is 790. The maximum absolute atomic E-state index is 12.5. The van der Waals surface area contributed by atoms with E-state index in [0.717, 1.165) is 26.1 Å². The van der Waals surface area contributed by atoms with Crippen molar-refractivity contribution >= 4 is 17.4 Å². The average Bonchev–Trinajstić information content (AvgIpc) is 2.90. The number of nitrogens with one attached hydrogen (secondary N) is 1. The van der Waals surface area contributed by atoms with Gasteiger partial charge in [-0.2, -0.15) is 0 Å². The predicted octanol–water partition coefficient (Wildman–Crippen LogP) is 3.64. The highest BCUT2D eigenvalue weighted by atomic mass is 16.6. The van der Waals surface area contributed by atoms with E-state index in [-0.39, 0.29) is 11.7 Å². The van der Waals surface area contributed by atoms with Crippen LogP contribution in [-0.2, 0) is 6.54 Å². The van der Waals surface area contributed by atoms with Crippen molar-refractivity contribution in [3.63, 3.8) is 0 Å². The number of hydrogen-bond acceptors (Lipinski definition) is 4. The zero-order chi connectivity index (χ0) is 19.2. The lowest BCUT2D eigenvalue weighted by atomic mass is 10.1. The predicted molar refractivity (Wildman–Crippen MR) is 105 cm³/mol. The van der Waals surface area contributed by atoms with Crippen molar-refractivity contribution in [1.29, 1.82) is 0 Å². The van der Waals surface area contributed by atoms with Gasteiger partial charge in [0.2, 0.25) is 0 Å². The van der Waals surface area contributed by atoms with Crippen LogP contribution in [0.25, 0.3) is 0 Å². The number of anilines is 1. The number of rotatable bonds is 4. The zero-order valence-electron chi connectivity index (χ0n) is 15.4. The molecule has 2 amide bonds. The molecule has 0 aromatic heterocycles. The van der Waals surface area contributed by atoms with Crippen LogP contribution >= 0.6 is 0 Å². The summed E-state index contributed by atoms with van der Waals surface area (Å²) in [6.45, 7) is 6.10. The van der Waals surface area contributed by atoms with Gasteiger partial charge in [0.05, 0.1) is 4.92 Å². The molecule has 0 aliphatic carbocycles. The Labute approximate surface area is 158 Å². The number of nitrogens with zero attached hydrogens (tertiary/aromatic N) is 3. The van der Waals surface area contributed by atoms with Gasteiger partial charge in [0.1, 0.15) is 0 Å². The summed E-state index contributed by atoms with van der Waals surface area (Å²) in [6, 6.07) is 14.3. The third kappa shape index (κ3) is 5.27. The molecular weight excluding hydrogens is 344 g/mol. The molecule has 0 spiro atoms. The first-order valence-electron chi connectivity index (χ1n) is 9.09. The van der Waals surface area contributed by atoms with Gasteiger partial charge in [-0.05, 0) is 31.0 Å². The molecule has 0 bridgehead atoms. The maximum Gasteiger partial charge on any atom is 0.321 e. The van der Waals surface area contributed by atoms with Gasteiger partial charge in [0.15, 0.2) is 0 Å². The molecular formula is C20H24N4O3. The van der Waals surface area contributed by atoms with E-state index < -0.39 is 4.92 Å². The summed E-state index contributed by atoms with van der Waals surface area (Å²) in [6.07, 6.45) is 0.916. The number of benzene rings is 2. The summed E-state index contributed by atoms with van der Waals surface area (Å²) in [5.41, 5.74) is 3.11. The molecule has 142 valence electrons. The highest BCUT2D eigenvalue weighted by Gasteiger charge is 2.19. The molecule has 2 aromatic carbocycles. The topological polar surface area (TPSA) is 78.7 Å². The summed E-state index contributed by atoms with van der Waals surface area (Å²) in [7, 11) is 0. The van der Waals surface area contributed by atoms with Gasteiger partial charge in [-0.15, -0.1) is 0 Å². The summed E-state index contributed by atoms with van der Waals surface area (Å²) in [5.74, 6) is 0. The molecule has 3 rings (SSSR count). The molecule has 0 radical (unpaired) electrons. The quantitative estimate of drug-likeness (QED) is 0.660. The molecule has 1 saturated heterocycles. The normalized spacial score (nSPS) is 15.2. The van der Waals surface area contributed by atoms with E-state index in [4.69, 9.17) is 0 Å². The van der Waals surface area contributed by atoms with Gasteiger partial charge in [0, 0.05) is 50.5 Å².